The van der Waals surface area contributed by atoms with Gasteiger partial charge in [-0.05, 0) is 31.4 Å². The summed E-state index contributed by atoms with van der Waals surface area (Å²) in [4.78, 5) is 2.96. The topological polar surface area (TPSA) is 40.6 Å². The first-order chi connectivity index (χ1) is 10.1. The van der Waals surface area contributed by atoms with Gasteiger partial charge in [0.15, 0.2) is 0 Å². The number of hydrogen-bond acceptors (Lipinski definition) is 4. The lowest BCUT2D eigenvalue weighted by Gasteiger charge is -2.23. The highest BCUT2D eigenvalue weighted by Crippen LogP contribution is 2.42. The van der Waals surface area contributed by atoms with Crippen molar-refractivity contribution < 1.29 is 8.42 Å². The summed E-state index contributed by atoms with van der Waals surface area (Å²) in [6.07, 6.45) is 1.16. The molecule has 0 N–H and O–H groups in total. The fraction of sp³-hybridized carbons (Fsp3) is 0.600. The molecule has 4 rings (SSSR count). The van der Waals surface area contributed by atoms with Crippen molar-refractivity contribution in [1.29, 1.82) is 0 Å². The van der Waals surface area contributed by atoms with Gasteiger partial charge in [0.25, 0.3) is 0 Å². The smallest absolute Gasteiger partial charge is 0.243 e. The number of benzene rings is 1. The molecule has 21 heavy (non-hydrogen) atoms. The highest BCUT2D eigenvalue weighted by molar-refractivity contribution is 7.99. The molecule has 0 saturated carbocycles. The van der Waals surface area contributed by atoms with Crippen molar-refractivity contribution in [2.45, 2.75) is 30.3 Å². The number of rotatable bonds is 2. The van der Waals surface area contributed by atoms with Crippen LogP contribution in [0.4, 0.5) is 0 Å². The monoisotopic (exact) mass is 324 g/mol. The van der Waals surface area contributed by atoms with Crippen LogP contribution >= 0.6 is 11.8 Å². The number of nitrogens with zero attached hydrogens (tertiary/aromatic N) is 2. The van der Waals surface area contributed by atoms with Gasteiger partial charge in [-0.2, -0.15) is 4.31 Å². The fourth-order valence-electron chi connectivity index (χ4n) is 3.89. The number of aryl methyl sites for hydroxylation is 1. The van der Waals surface area contributed by atoms with Crippen LogP contribution in [0.3, 0.4) is 0 Å². The third-order valence-corrected chi connectivity index (χ3v) is 8.00. The van der Waals surface area contributed by atoms with Crippen molar-refractivity contribution in [3.05, 3.63) is 29.8 Å². The molecule has 1 aromatic carbocycles. The number of thioether (sulfide) groups is 1. The van der Waals surface area contributed by atoms with Crippen LogP contribution in [0.1, 0.15) is 12.0 Å². The van der Waals surface area contributed by atoms with Crippen molar-refractivity contribution in [3.63, 3.8) is 0 Å². The molecule has 114 valence electrons. The van der Waals surface area contributed by atoms with Crippen LogP contribution in [-0.2, 0) is 10.0 Å². The number of hydrogen-bond donors (Lipinski definition) is 0. The molecule has 3 aliphatic rings. The lowest BCUT2D eigenvalue weighted by molar-refractivity contribution is 0.248. The summed E-state index contributed by atoms with van der Waals surface area (Å²) in [7, 11) is -3.33. The lowest BCUT2D eigenvalue weighted by Crippen LogP contribution is -2.38. The van der Waals surface area contributed by atoms with Gasteiger partial charge in [0.05, 0.1) is 4.90 Å². The van der Waals surface area contributed by atoms with Crippen LogP contribution in [0, 0.1) is 12.8 Å². The Morgan fingerprint density at radius 3 is 2.71 bits per heavy atom. The Labute approximate surface area is 130 Å². The van der Waals surface area contributed by atoms with E-state index in [0.29, 0.717) is 36.0 Å². The molecule has 4 nitrogen and oxygen atoms in total. The second-order valence-electron chi connectivity index (χ2n) is 6.37. The zero-order valence-electron chi connectivity index (χ0n) is 12.1. The first-order valence-corrected chi connectivity index (χ1v) is 10.1. The maximum Gasteiger partial charge on any atom is 0.243 e. The Morgan fingerprint density at radius 1 is 1.19 bits per heavy atom. The average Bonchev–Trinajstić information content (AvgIpc) is 3.10. The van der Waals surface area contributed by atoms with Gasteiger partial charge in [-0.25, -0.2) is 8.42 Å². The molecule has 0 radical (unpaired) electrons. The molecular weight excluding hydrogens is 304 g/mol. The third kappa shape index (κ3) is 2.23. The van der Waals surface area contributed by atoms with Gasteiger partial charge in [-0.1, -0.05) is 17.7 Å². The Bertz CT molecular complexity index is 644. The van der Waals surface area contributed by atoms with Crippen molar-refractivity contribution in [3.8, 4) is 0 Å². The van der Waals surface area contributed by atoms with Gasteiger partial charge in [0, 0.05) is 36.8 Å². The minimum Gasteiger partial charge on any atom is -0.286 e. The normalized spacial score (nSPS) is 33.3. The highest BCUT2D eigenvalue weighted by atomic mass is 32.2. The molecular formula is C15H20N2O2S2. The maximum absolute atomic E-state index is 12.8. The van der Waals surface area contributed by atoms with Gasteiger partial charge in [0.2, 0.25) is 10.0 Å². The number of fused-ring (bicyclic) bond motifs is 3. The third-order valence-electron chi connectivity index (χ3n) is 5.05. The van der Waals surface area contributed by atoms with Crippen LogP contribution in [0.25, 0.3) is 0 Å². The summed E-state index contributed by atoms with van der Waals surface area (Å²) in [6, 6.07) is 8.33. The van der Waals surface area contributed by atoms with Gasteiger partial charge in [-0.3, -0.25) is 4.90 Å². The van der Waals surface area contributed by atoms with Crippen LogP contribution in [0.5, 0.6) is 0 Å². The Kier molecular flexibility index (Phi) is 3.33. The SMILES string of the molecule is Cc1ccc(S(=O)(=O)N2C[C@@H]3CC4CSCN4[C@@H]3C2)cc1. The predicted octanol–water partition coefficient (Wildman–Crippen LogP) is 1.76. The van der Waals surface area contributed by atoms with E-state index in [-0.39, 0.29) is 0 Å². The first-order valence-electron chi connectivity index (χ1n) is 7.46. The lowest BCUT2D eigenvalue weighted by atomic mass is 10.0. The molecule has 1 unspecified atom stereocenters. The molecule has 0 bridgehead atoms. The van der Waals surface area contributed by atoms with Crippen LogP contribution < -0.4 is 0 Å². The van der Waals surface area contributed by atoms with Gasteiger partial charge in [0.1, 0.15) is 0 Å². The molecule has 3 saturated heterocycles. The Hall–Kier alpha value is -0.560. The molecule has 3 fully saturated rings. The quantitative estimate of drug-likeness (QED) is 0.831. The second-order valence-corrected chi connectivity index (χ2v) is 9.30. The largest absolute Gasteiger partial charge is 0.286 e. The van der Waals surface area contributed by atoms with Crippen molar-refractivity contribution in [2.75, 3.05) is 24.7 Å². The van der Waals surface area contributed by atoms with Crippen LogP contribution in [0.15, 0.2) is 29.2 Å². The van der Waals surface area contributed by atoms with E-state index in [1.165, 1.54) is 5.75 Å². The predicted molar refractivity (Wildman–Crippen MR) is 84.8 cm³/mol. The van der Waals surface area contributed by atoms with E-state index in [1.807, 2.05) is 30.8 Å². The first kappa shape index (κ1) is 14.1. The number of sulfonamides is 1. The van der Waals surface area contributed by atoms with Gasteiger partial charge in [-0.15, -0.1) is 11.8 Å². The molecule has 0 amide bonds. The average molecular weight is 324 g/mol. The zero-order chi connectivity index (χ0) is 14.6. The summed E-state index contributed by atoms with van der Waals surface area (Å²) in [5.41, 5.74) is 1.09. The van der Waals surface area contributed by atoms with Gasteiger partial charge < -0.3 is 0 Å². The Balaban J connectivity index is 1.57. The summed E-state index contributed by atoms with van der Waals surface area (Å²) >= 11 is 1.98. The standard InChI is InChI=1S/C15H20N2O2S2/c1-11-2-4-14(5-3-11)21(18,19)16-7-12-6-13-9-20-10-17(13)15(12)8-16/h2-5,12-13,15H,6-10H2,1H3/t12-,13?,15+/m0/s1. The minimum absolute atomic E-state index is 0.431. The second kappa shape index (κ2) is 4.98. The van der Waals surface area contributed by atoms with Crippen LogP contribution in [0.2, 0.25) is 0 Å². The summed E-state index contributed by atoms with van der Waals surface area (Å²) in [6.45, 7) is 3.33. The maximum atomic E-state index is 12.8. The van der Waals surface area contributed by atoms with E-state index in [0.717, 1.165) is 17.9 Å². The van der Waals surface area contributed by atoms with E-state index in [4.69, 9.17) is 0 Å². The fourth-order valence-corrected chi connectivity index (χ4v) is 6.73. The molecule has 0 aromatic heterocycles. The molecule has 0 spiro atoms. The van der Waals surface area contributed by atoms with E-state index in [9.17, 15) is 8.42 Å². The molecule has 3 heterocycles. The molecule has 3 aliphatic heterocycles. The minimum atomic E-state index is -3.33. The van der Waals surface area contributed by atoms with Crippen molar-refractivity contribution in [1.82, 2.24) is 9.21 Å². The van der Waals surface area contributed by atoms with E-state index in [1.54, 1.807) is 16.4 Å². The van der Waals surface area contributed by atoms with Crippen LogP contribution in [-0.4, -0.2) is 54.4 Å². The summed E-state index contributed by atoms with van der Waals surface area (Å²) in [5.74, 6) is 2.82. The molecule has 3 atom stereocenters. The Morgan fingerprint density at radius 2 is 1.95 bits per heavy atom. The molecule has 6 heteroatoms. The van der Waals surface area contributed by atoms with E-state index in [2.05, 4.69) is 4.90 Å². The zero-order valence-corrected chi connectivity index (χ0v) is 13.7. The van der Waals surface area contributed by atoms with Crippen molar-refractivity contribution >= 4 is 21.8 Å². The summed E-state index contributed by atoms with van der Waals surface area (Å²) in [5, 5.41) is 0. The van der Waals surface area contributed by atoms with E-state index < -0.39 is 10.0 Å². The van der Waals surface area contributed by atoms with Gasteiger partial charge >= 0.3 is 0 Å². The molecule has 0 aliphatic carbocycles. The van der Waals surface area contributed by atoms with E-state index >= 15 is 0 Å². The highest BCUT2D eigenvalue weighted by Gasteiger charge is 2.50. The summed E-state index contributed by atoms with van der Waals surface area (Å²) < 4.78 is 27.2. The van der Waals surface area contributed by atoms with Crippen molar-refractivity contribution in [2.24, 2.45) is 5.92 Å². The molecule has 1 aromatic rings.